The van der Waals surface area contributed by atoms with E-state index in [0.717, 1.165) is 11.1 Å². The van der Waals surface area contributed by atoms with Crippen LogP contribution < -0.4 is 5.32 Å². The summed E-state index contributed by atoms with van der Waals surface area (Å²) in [6.07, 6.45) is 1.53. The quantitative estimate of drug-likeness (QED) is 0.742. The van der Waals surface area contributed by atoms with Crippen molar-refractivity contribution < 1.29 is 13.7 Å². The topological polar surface area (TPSA) is 84.4 Å². The molecule has 0 spiro atoms. The number of aromatic nitrogens is 2. The van der Waals surface area contributed by atoms with Gasteiger partial charge in [0.05, 0.1) is 12.8 Å². The van der Waals surface area contributed by atoms with Gasteiger partial charge in [-0.05, 0) is 38.7 Å². The fraction of sp³-hybridized carbons (Fsp3) is 0.278. The third-order valence-corrected chi connectivity index (χ3v) is 3.74. The molecule has 130 valence electrons. The zero-order valence-corrected chi connectivity index (χ0v) is 14.4. The smallest absolute Gasteiger partial charge is 0.293 e. The summed E-state index contributed by atoms with van der Waals surface area (Å²) < 4.78 is 10.3. The lowest BCUT2D eigenvalue weighted by Gasteiger charge is -2.23. The molecule has 0 bridgehead atoms. The number of benzene rings is 1. The molecule has 2 aromatic heterocycles. The average molecular weight is 340 g/mol. The predicted molar refractivity (Wildman–Crippen MR) is 91.5 cm³/mol. The highest BCUT2D eigenvalue weighted by Gasteiger charge is 2.23. The number of likely N-dealkylation sites (N-methyl/N-ethyl adjacent to an activating group) is 1. The molecule has 7 heteroatoms. The summed E-state index contributed by atoms with van der Waals surface area (Å²) in [5, 5.41) is 6.72. The number of hydrogen-bond donors (Lipinski definition) is 1. The Bertz CT molecular complexity index is 840. The van der Waals surface area contributed by atoms with Crippen molar-refractivity contribution >= 4 is 5.91 Å². The molecule has 1 amide bonds. The molecule has 0 aliphatic heterocycles. The lowest BCUT2D eigenvalue weighted by atomic mass is 10.0. The molecule has 0 radical (unpaired) electrons. The molecule has 0 fully saturated rings. The van der Waals surface area contributed by atoms with E-state index in [1.807, 2.05) is 50.2 Å². The molecular weight excluding hydrogens is 320 g/mol. The van der Waals surface area contributed by atoms with Gasteiger partial charge in [0.1, 0.15) is 6.04 Å². The van der Waals surface area contributed by atoms with E-state index >= 15 is 0 Å². The molecule has 0 unspecified atom stereocenters. The monoisotopic (exact) mass is 340 g/mol. The molecule has 3 rings (SSSR count). The number of hydrogen-bond acceptors (Lipinski definition) is 6. The second-order valence-electron chi connectivity index (χ2n) is 5.99. The molecule has 1 aromatic carbocycles. The van der Waals surface area contributed by atoms with Gasteiger partial charge in [-0.25, -0.2) is 0 Å². The number of furan rings is 1. The third-order valence-electron chi connectivity index (χ3n) is 3.74. The van der Waals surface area contributed by atoms with Crippen LogP contribution in [0, 0.1) is 6.92 Å². The molecule has 7 nitrogen and oxygen atoms in total. The minimum Gasteiger partial charge on any atom is -0.459 e. The average Bonchev–Trinajstić information content (AvgIpc) is 3.24. The van der Waals surface area contributed by atoms with Crippen molar-refractivity contribution in [1.82, 2.24) is 20.4 Å². The van der Waals surface area contributed by atoms with Crippen LogP contribution in [0.5, 0.6) is 0 Å². The Labute approximate surface area is 145 Å². The Morgan fingerprint density at radius 1 is 1.28 bits per heavy atom. The van der Waals surface area contributed by atoms with Crippen molar-refractivity contribution in [2.75, 3.05) is 14.1 Å². The number of aryl methyl sites for hydroxylation is 1. The molecule has 2 heterocycles. The van der Waals surface area contributed by atoms with Gasteiger partial charge in [0.15, 0.2) is 11.6 Å². The molecule has 0 saturated heterocycles. The van der Waals surface area contributed by atoms with Crippen LogP contribution in [-0.4, -0.2) is 35.0 Å². The lowest BCUT2D eigenvalue weighted by Crippen LogP contribution is -2.36. The van der Waals surface area contributed by atoms with Gasteiger partial charge in [-0.15, -0.1) is 0 Å². The maximum Gasteiger partial charge on any atom is 0.293 e. The number of rotatable bonds is 6. The van der Waals surface area contributed by atoms with Crippen LogP contribution in [0.1, 0.15) is 23.0 Å². The molecule has 1 atom stereocenters. The van der Waals surface area contributed by atoms with E-state index in [2.05, 4.69) is 15.5 Å². The van der Waals surface area contributed by atoms with Gasteiger partial charge in [0.2, 0.25) is 5.91 Å². The largest absolute Gasteiger partial charge is 0.459 e. The van der Waals surface area contributed by atoms with E-state index < -0.39 is 6.04 Å². The van der Waals surface area contributed by atoms with E-state index in [1.54, 1.807) is 12.1 Å². The van der Waals surface area contributed by atoms with Crippen LogP contribution in [-0.2, 0) is 11.3 Å². The molecule has 1 N–H and O–H groups in total. The van der Waals surface area contributed by atoms with Crippen molar-refractivity contribution in [2.24, 2.45) is 0 Å². The number of nitrogens with one attached hydrogen (secondary N) is 1. The van der Waals surface area contributed by atoms with E-state index in [1.165, 1.54) is 6.26 Å². The minimum absolute atomic E-state index is 0.125. The SMILES string of the molecule is Cc1cccc([C@H](C(=O)NCc2noc(-c3ccco3)n2)N(C)C)c1. The summed E-state index contributed by atoms with van der Waals surface area (Å²) >= 11 is 0. The van der Waals surface area contributed by atoms with Crippen LogP contribution in [0.4, 0.5) is 0 Å². The van der Waals surface area contributed by atoms with Crippen LogP contribution in [0.25, 0.3) is 11.7 Å². The van der Waals surface area contributed by atoms with E-state index in [4.69, 9.17) is 8.94 Å². The number of nitrogens with zero attached hydrogens (tertiary/aromatic N) is 3. The van der Waals surface area contributed by atoms with Crippen LogP contribution in [0.15, 0.2) is 51.6 Å². The van der Waals surface area contributed by atoms with Crippen molar-refractivity contribution in [2.45, 2.75) is 19.5 Å². The van der Waals surface area contributed by atoms with E-state index in [-0.39, 0.29) is 18.3 Å². The first-order valence-corrected chi connectivity index (χ1v) is 7.92. The first-order chi connectivity index (χ1) is 12.0. The van der Waals surface area contributed by atoms with E-state index in [9.17, 15) is 4.79 Å². The van der Waals surface area contributed by atoms with Crippen molar-refractivity contribution in [3.63, 3.8) is 0 Å². The molecule has 0 aliphatic rings. The molecule has 3 aromatic rings. The second kappa shape index (κ2) is 7.31. The van der Waals surface area contributed by atoms with Crippen LogP contribution >= 0.6 is 0 Å². The first-order valence-electron chi connectivity index (χ1n) is 7.92. The Hall–Kier alpha value is -2.93. The predicted octanol–water partition coefficient (Wildman–Crippen LogP) is 2.56. The zero-order chi connectivity index (χ0) is 17.8. The van der Waals surface area contributed by atoms with Gasteiger partial charge >= 0.3 is 0 Å². The molecular formula is C18H20N4O3. The highest BCUT2D eigenvalue weighted by molar-refractivity contribution is 5.83. The van der Waals surface area contributed by atoms with Crippen molar-refractivity contribution in [3.8, 4) is 11.7 Å². The standard InChI is InChI=1S/C18H20N4O3/c1-12-6-4-7-13(10-12)16(22(2)3)17(23)19-11-15-20-18(25-21-15)14-8-5-9-24-14/h4-10,16H,11H2,1-3H3,(H,19,23)/t16-/m1/s1. The van der Waals surface area contributed by atoms with Gasteiger partial charge in [-0.2, -0.15) is 4.98 Å². The van der Waals surface area contributed by atoms with Gasteiger partial charge in [0, 0.05) is 0 Å². The number of amides is 1. The molecule has 0 saturated carbocycles. The Morgan fingerprint density at radius 2 is 2.12 bits per heavy atom. The fourth-order valence-corrected chi connectivity index (χ4v) is 2.61. The Balaban J connectivity index is 1.68. The number of carbonyl (C=O) groups excluding carboxylic acids is 1. The van der Waals surface area contributed by atoms with Crippen LogP contribution in [0.2, 0.25) is 0 Å². The van der Waals surface area contributed by atoms with Gasteiger partial charge in [-0.1, -0.05) is 35.0 Å². The van der Waals surface area contributed by atoms with Crippen LogP contribution in [0.3, 0.4) is 0 Å². The molecule has 0 aliphatic carbocycles. The zero-order valence-electron chi connectivity index (χ0n) is 14.4. The van der Waals surface area contributed by atoms with Crippen molar-refractivity contribution in [3.05, 3.63) is 59.6 Å². The normalized spacial score (nSPS) is 12.3. The number of carbonyl (C=O) groups is 1. The first kappa shape index (κ1) is 16.9. The van der Waals surface area contributed by atoms with E-state index in [0.29, 0.717) is 11.6 Å². The summed E-state index contributed by atoms with van der Waals surface area (Å²) in [6.45, 7) is 2.18. The third kappa shape index (κ3) is 3.95. The maximum atomic E-state index is 12.6. The highest BCUT2D eigenvalue weighted by Crippen LogP contribution is 2.20. The second-order valence-corrected chi connectivity index (χ2v) is 5.99. The summed E-state index contributed by atoms with van der Waals surface area (Å²) in [5.74, 6) is 1.05. The Kier molecular flexibility index (Phi) is 4.95. The summed E-state index contributed by atoms with van der Waals surface area (Å²) in [5.41, 5.74) is 2.05. The van der Waals surface area contributed by atoms with Gasteiger partial charge in [-0.3, -0.25) is 9.69 Å². The summed E-state index contributed by atoms with van der Waals surface area (Å²) in [6, 6.07) is 11.0. The summed E-state index contributed by atoms with van der Waals surface area (Å²) in [7, 11) is 3.74. The van der Waals surface area contributed by atoms with Gasteiger partial charge in [0.25, 0.3) is 5.89 Å². The minimum atomic E-state index is -0.392. The summed E-state index contributed by atoms with van der Waals surface area (Å²) in [4.78, 5) is 18.7. The maximum absolute atomic E-state index is 12.6. The fourth-order valence-electron chi connectivity index (χ4n) is 2.61. The highest BCUT2D eigenvalue weighted by atomic mass is 16.5. The molecule has 25 heavy (non-hydrogen) atoms. The van der Waals surface area contributed by atoms with Gasteiger partial charge < -0.3 is 14.3 Å². The Morgan fingerprint density at radius 3 is 2.80 bits per heavy atom. The van der Waals surface area contributed by atoms with Crippen molar-refractivity contribution in [1.29, 1.82) is 0 Å². The lowest BCUT2D eigenvalue weighted by molar-refractivity contribution is -0.126.